The Morgan fingerprint density at radius 1 is 1.00 bits per heavy atom. The second-order valence-corrected chi connectivity index (χ2v) is 6.11. The lowest BCUT2D eigenvalue weighted by Gasteiger charge is -2.34. The molecule has 0 bridgehead atoms. The zero-order valence-electron chi connectivity index (χ0n) is 14.2. The molecule has 3 amide bonds. The standard InChI is InChI=1S/C19H20FN3O3/c20-16-3-1-2-14(12-16)13-21-19(26)23-10-8-22(9-11-23)18(25)15-4-6-17(24)7-5-15/h1-7,12,24H,8-11,13H2,(H,21,26). The predicted molar refractivity (Wildman–Crippen MR) is 94.2 cm³/mol. The van der Waals surface area contributed by atoms with Gasteiger partial charge in [-0.3, -0.25) is 4.79 Å². The number of carbonyl (C=O) groups is 2. The third-order valence-electron chi connectivity index (χ3n) is 4.30. The molecule has 1 saturated heterocycles. The van der Waals surface area contributed by atoms with Crippen molar-refractivity contribution in [1.29, 1.82) is 0 Å². The number of phenols is 1. The molecule has 2 aromatic rings. The Balaban J connectivity index is 1.49. The van der Waals surface area contributed by atoms with Crippen LogP contribution in [0.4, 0.5) is 9.18 Å². The first-order chi connectivity index (χ1) is 12.5. The third kappa shape index (κ3) is 4.30. The number of phenolic OH excluding ortho intramolecular Hbond substituents is 1. The number of aromatic hydroxyl groups is 1. The number of nitrogens with one attached hydrogen (secondary N) is 1. The largest absolute Gasteiger partial charge is 0.508 e. The average molecular weight is 357 g/mol. The summed E-state index contributed by atoms with van der Waals surface area (Å²) >= 11 is 0. The Bertz CT molecular complexity index is 787. The number of amides is 3. The molecule has 1 fully saturated rings. The van der Waals surface area contributed by atoms with E-state index in [0.717, 1.165) is 0 Å². The van der Waals surface area contributed by atoms with Gasteiger partial charge in [0.2, 0.25) is 0 Å². The Morgan fingerprint density at radius 2 is 1.65 bits per heavy atom. The molecule has 2 aromatic carbocycles. The average Bonchev–Trinajstić information content (AvgIpc) is 2.66. The van der Waals surface area contributed by atoms with E-state index in [1.165, 1.54) is 24.3 Å². The van der Waals surface area contributed by atoms with Crippen LogP contribution in [0.2, 0.25) is 0 Å². The molecule has 3 rings (SSSR count). The zero-order valence-corrected chi connectivity index (χ0v) is 14.2. The van der Waals surface area contributed by atoms with Crippen molar-refractivity contribution in [3.05, 3.63) is 65.5 Å². The highest BCUT2D eigenvalue weighted by Crippen LogP contribution is 2.13. The molecule has 2 N–H and O–H groups in total. The Labute approximate surface area is 150 Å². The monoisotopic (exact) mass is 357 g/mol. The molecule has 0 aromatic heterocycles. The van der Waals surface area contributed by atoms with Crippen LogP contribution in [0.3, 0.4) is 0 Å². The summed E-state index contributed by atoms with van der Waals surface area (Å²) < 4.78 is 13.2. The highest BCUT2D eigenvalue weighted by Gasteiger charge is 2.24. The predicted octanol–water partition coefficient (Wildman–Crippen LogP) is 2.20. The van der Waals surface area contributed by atoms with Crippen LogP contribution in [0.15, 0.2) is 48.5 Å². The van der Waals surface area contributed by atoms with Gasteiger partial charge in [-0.15, -0.1) is 0 Å². The molecule has 0 atom stereocenters. The highest BCUT2D eigenvalue weighted by atomic mass is 19.1. The second-order valence-electron chi connectivity index (χ2n) is 6.11. The number of hydrogen-bond acceptors (Lipinski definition) is 3. The summed E-state index contributed by atoms with van der Waals surface area (Å²) in [5, 5.41) is 12.1. The van der Waals surface area contributed by atoms with Gasteiger partial charge in [0, 0.05) is 38.3 Å². The van der Waals surface area contributed by atoms with Gasteiger partial charge >= 0.3 is 6.03 Å². The molecule has 26 heavy (non-hydrogen) atoms. The van der Waals surface area contributed by atoms with Gasteiger partial charge in [0.25, 0.3) is 5.91 Å². The Morgan fingerprint density at radius 3 is 2.31 bits per heavy atom. The molecular formula is C19H20FN3O3. The fraction of sp³-hybridized carbons (Fsp3) is 0.263. The van der Waals surface area contributed by atoms with Crippen molar-refractivity contribution in [3.63, 3.8) is 0 Å². The molecule has 136 valence electrons. The number of urea groups is 1. The van der Waals surface area contributed by atoms with E-state index < -0.39 is 0 Å². The van der Waals surface area contributed by atoms with Gasteiger partial charge < -0.3 is 20.2 Å². The van der Waals surface area contributed by atoms with Gasteiger partial charge in [0.1, 0.15) is 11.6 Å². The Hall–Kier alpha value is -3.09. The van der Waals surface area contributed by atoms with Crippen LogP contribution in [0.25, 0.3) is 0 Å². The minimum absolute atomic E-state index is 0.112. The summed E-state index contributed by atoms with van der Waals surface area (Å²) in [5.41, 5.74) is 1.20. The third-order valence-corrected chi connectivity index (χ3v) is 4.30. The number of hydrogen-bond donors (Lipinski definition) is 2. The van der Waals surface area contributed by atoms with Gasteiger partial charge in [-0.05, 0) is 42.0 Å². The molecule has 1 heterocycles. The van der Waals surface area contributed by atoms with E-state index in [-0.39, 0.29) is 30.0 Å². The maximum Gasteiger partial charge on any atom is 0.317 e. The molecule has 0 aliphatic carbocycles. The summed E-state index contributed by atoms with van der Waals surface area (Å²) in [7, 11) is 0. The summed E-state index contributed by atoms with van der Waals surface area (Å²) in [4.78, 5) is 28.0. The van der Waals surface area contributed by atoms with Gasteiger partial charge in [-0.2, -0.15) is 0 Å². The molecule has 6 nitrogen and oxygen atoms in total. The molecule has 0 radical (unpaired) electrons. The van der Waals surface area contributed by atoms with Crippen LogP contribution in [-0.2, 0) is 6.54 Å². The SMILES string of the molecule is O=C(NCc1cccc(F)c1)N1CCN(C(=O)c2ccc(O)cc2)CC1. The van der Waals surface area contributed by atoms with E-state index in [4.69, 9.17) is 0 Å². The first kappa shape index (κ1) is 17.7. The molecule has 0 saturated carbocycles. The first-order valence-corrected chi connectivity index (χ1v) is 8.38. The smallest absolute Gasteiger partial charge is 0.317 e. The normalized spacial score (nSPS) is 14.2. The lowest BCUT2D eigenvalue weighted by molar-refractivity contribution is 0.0665. The molecule has 0 unspecified atom stereocenters. The van der Waals surface area contributed by atoms with Crippen LogP contribution in [0.1, 0.15) is 15.9 Å². The molecule has 1 aliphatic heterocycles. The quantitative estimate of drug-likeness (QED) is 0.885. The van der Waals surface area contributed by atoms with E-state index in [0.29, 0.717) is 37.3 Å². The molecular weight excluding hydrogens is 337 g/mol. The highest BCUT2D eigenvalue weighted by molar-refractivity contribution is 5.94. The van der Waals surface area contributed by atoms with Crippen molar-refractivity contribution >= 4 is 11.9 Å². The van der Waals surface area contributed by atoms with E-state index in [1.807, 2.05) is 0 Å². The number of benzene rings is 2. The van der Waals surface area contributed by atoms with Crippen molar-refractivity contribution in [2.24, 2.45) is 0 Å². The summed E-state index contributed by atoms with van der Waals surface area (Å²) in [6.07, 6.45) is 0. The van der Waals surface area contributed by atoms with Crippen molar-refractivity contribution in [3.8, 4) is 5.75 Å². The van der Waals surface area contributed by atoms with Crippen molar-refractivity contribution in [2.45, 2.75) is 6.54 Å². The summed E-state index contributed by atoms with van der Waals surface area (Å²) in [5.74, 6) is -0.343. The topological polar surface area (TPSA) is 72.9 Å². The van der Waals surface area contributed by atoms with Crippen molar-refractivity contribution < 1.29 is 19.1 Å². The van der Waals surface area contributed by atoms with E-state index >= 15 is 0 Å². The number of piperazine rings is 1. The fourth-order valence-corrected chi connectivity index (χ4v) is 2.84. The van der Waals surface area contributed by atoms with Crippen LogP contribution < -0.4 is 5.32 Å². The number of nitrogens with zero attached hydrogens (tertiary/aromatic N) is 2. The zero-order chi connectivity index (χ0) is 18.5. The fourth-order valence-electron chi connectivity index (χ4n) is 2.84. The lowest BCUT2D eigenvalue weighted by atomic mass is 10.1. The summed E-state index contributed by atoms with van der Waals surface area (Å²) in [6.45, 7) is 1.99. The second kappa shape index (κ2) is 7.86. The van der Waals surface area contributed by atoms with Crippen molar-refractivity contribution in [2.75, 3.05) is 26.2 Å². The molecule has 0 spiro atoms. The summed E-state index contributed by atoms with van der Waals surface area (Å²) in [6, 6.07) is 12.0. The van der Waals surface area contributed by atoms with E-state index in [1.54, 1.807) is 34.1 Å². The Kier molecular flexibility index (Phi) is 5.36. The van der Waals surface area contributed by atoms with Crippen molar-refractivity contribution in [1.82, 2.24) is 15.1 Å². The van der Waals surface area contributed by atoms with Crippen LogP contribution in [-0.4, -0.2) is 53.0 Å². The van der Waals surface area contributed by atoms with Crippen LogP contribution >= 0.6 is 0 Å². The number of rotatable bonds is 3. The first-order valence-electron chi connectivity index (χ1n) is 8.38. The maximum absolute atomic E-state index is 13.2. The number of carbonyl (C=O) groups excluding carboxylic acids is 2. The van der Waals surface area contributed by atoms with Gasteiger partial charge in [-0.1, -0.05) is 12.1 Å². The minimum Gasteiger partial charge on any atom is -0.508 e. The maximum atomic E-state index is 13.2. The van der Waals surface area contributed by atoms with Gasteiger partial charge in [0.15, 0.2) is 0 Å². The van der Waals surface area contributed by atoms with Crippen LogP contribution in [0, 0.1) is 5.82 Å². The molecule has 7 heteroatoms. The number of halogens is 1. The van der Waals surface area contributed by atoms with Gasteiger partial charge in [-0.25, -0.2) is 9.18 Å². The lowest BCUT2D eigenvalue weighted by Crippen LogP contribution is -2.53. The minimum atomic E-state index is -0.335. The van der Waals surface area contributed by atoms with E-state index in [2.05, 4.69) is 5.32 Å². The van der Waals surface area contributed by atoms with Crippen LogP contribution in [0.5, 0.6) is 5.75 Å². The van der Waals surface area contributed by atoms with Gasteiger partial charge in [0.05, 0.1) is 0 Å². The molecule has 1 aliphatic rings. The van der Waals surface area contributed by atoms with E-state index in [9.17, 15) is 19.1 Å².